The fraction of sp³-hybridized carbons (Fsp3) is 0.214. The first-order valence-electron chi connectivity index (χ1n) is 6.18. The Morgan fingerprint density at radius 2 is 2.20 bits per heavy atom. The average Bonchev–Trinajstić information content (AvgIpc) is 3.03. The smallest absolute Gasteiger partial charge is 0.335 e. The zero-order valence-corrected chi connectivity index (χ0v) is 11.9. The molecule has 0 spiro atoms. The SMILES string of the molecule is Cc1cnc(C(C)n2cnc3cc(C(=O)O)ccc32)s1. The van der Waals surface area contributed by atoms with Gasteiger partial charge in [-0.3, -0.25) is 0 Å². The largest absolute Gasteiger partial charge is 0.478 e. The summed E-state index contributed by atoms with van der Waals surface area (Å²) in [5.41, 5.74) is 1.85. The van der Waals surface area contributed by atoms with E-state index in [1.54, 1.807) is 35.9 Å². The number of carbonyl (C=O) groups is 1. The van der Waals surface area contributed by atoms with Crippen molar-refractivity contribution in [3.8, 4) is 0 Å². The predicted octanol–water partition coefficient (Wildman–Crippen LogP) is 3.11. The molecule has 1 atom stereocenters. The molecule has 0 aliphatic carbocycles. The summed E-state index contributed by atoms with van der Waals surface area (Å²) >= 11 is 1.66. The van der Waals surface area contributed by atoms with E-state index in [2.05, 4.69) is 16.9 Å². The number of fused-ring (bicyclic) bond motifs is 1. The summed E-state index contributed by atoms with van der Waals surface area (Å²) in [7, 11) is 0. The molecular weight excluding hydrogens is 274 g/mol. The van der Waals surface area contributed by atoms with Crippen LogP contribution >= 0.6 is 11.3 Å². The first-order chi connectivity index (χ1) is 9.56. The number of hydrogen-bond acceptors (Lipinski definition) is 4. The number of aromatic carboxylic acids is 1. The van der Waals surface area contributed by atoms with Gasteiger partial charge in [-0.2, -0.15) is 0 Å². The Bertz CT molecular complexity index is 791. The van der Waals surface area contributed by atoms with E-state index in [1.807, 2.05) is 17.7 Å². The van der Waals surface area contributed by atoms with Crippen LogP contribution < -0.4 is 0 Å². The number of rotatable bonds is 3. The van der Waals surface area contributed by atoms with Crippen LogP contribution in [-0.2, 0) is 0 Å². The number of nitrogens with zero attached hydrogens (tertiary/aromatic N) is 3. The van der Waals surface area contributed by atoms with E-state index in [0.717, 1.165) is 10.5 Å². The van der Waals surface area contributed by atoms with Crippen LogP contribution in [0.1, 0.15) is 33.2 Å². The quantitative estimate of drug-likeness (QED) is 0.803. The van der Waals surface area contributed by atoms with E-state index < -0.39 is 5.97 Å². The molecule has 2 aromatic heterocycles. The molecule has 6 heteroatoms. The highest BCUT2D eigenvalue weighted by Crippen LogP contribution is 2.26. The molecule has 1 unspecified atom stereocenters. The molecular formula is C14H13N3O2S. The van der Waals surface area contributed by atoms with Crippen molar-refractivity contribution in [3.05, 3.63) is 46.2 Å². The Labute approximate surface area is 119 Å². The van der Waals surface area contributed by atoms with Gasteiger partial charge in [0.05, 0.1) is 29.0 Å². The first-order valence-corrected chi connectivity index (χ1v) is 7.00. The van der Waals surface area contributed by atoms with Gasteiger partial charge >= 0.3 is 5.97 Å². The van der Waals surface area contributed by atoms with E-state index in [1.165, 1.54) is 4.88 Å². The second-order valence-corrected chi connectivity index (χ2v) is 5.91. The molecule has 0 bridgehead atoms. The van der Waals surface area contributed by atoms with E-state index in [4.69, 9.17) is 5.11 Å². The molecule has 2 heterocycles. The Morgan fingerprint density at radius 3 is 2.85 bits per heavy atom. The minimum atomic E-state index is -0.940. The summed E-state index contributed by atoms with van der Waals surface area (Å²) in [6.45, 7) is 4.09. The van der Waals surface area contributed by atoms with Crippen molar-refractivity contribution in [1.29, 1.82) is 0 Å². The van der Waals surface area contributed by atoms with Crippen molar-refractivity contribution in [1.82, 2.24) is 14.5 Å². The molecule has 5 nitrogen and oxygen atoms in total. The van der Waals surface area contributed by atoms with E-state index >= 15 is 0 Å². The molecule has 0 radical (unpaired) electrons. The van der Waals surface area contributed by atoms with Crippen molar-refractivity contribution >= 4 is 28.3 Å². The summed E-state index contributed by atoms with van der Waals surface area (Å²) < 4.78 is 2.01. The molecule has 1 N–H and O–H groups in total. The highest BCUT2D eigenvalue weighted by atomic mass is 32.1. The lowest BCUT2D eigenvalue weighted by molar-refractivity contribution is 0.0697. The van der Waals surface area contributed by atoms with Crippen LogP contribution in [0.2, 0.25) is 0 Å². The molecule has 1 aromatic carbocycles. The first kappa shape index (κ1) is 12.8. The number of aryl methyl sites for hydroxylation is 1. The van der Waals surface area contributed by atoms with Gasteiger partial charge in [-0.1, -0.05) is 0 Å². The van der Waals surface area contributed by atoms with Crippen LogP contribution in [0.5, 0.6) is 0 Å². The number of carboxylic acids is 1. The summed E-state index contributed by atoms with van der Waals surface area (Å²) in [6.07, 6.45) is 3.59. The minimum absolute atomic E-state index is 0.0781. The van der Waals surface area contributed by atoms with Gasteiger partial charge in [0.1, 0.15) is 5.01 Å². The number of imidazole rings is 1. The molecule has 0 aliphatic heterocycles. The lowest BCUT2D eigenvalue weighted by Gasteiger charge is -2.11. The molecule has 0 saturated carbocycles. The Hall–Kier alpha value is -2.21. The second kappa shape index (κ2) is 4.72. The third-order valence-electron chi connectivity index (χ3n) is 3.24. The topological polar surface area (TPSA) is 68.0 Å². The maximum absolute atomic E-state index is 11.0. The van der Waals surface area contributed by atoms with Gasteiger partial charge in [0.15, 0.2) is 0 Å². The second-order valence-electron chi connectivity index (χ2n) is 4.65. The standard InChI is InChI=1S/C14H13N3O2S/c1-8-6-15-13(20-8)9(2)17-7-16-11-5-10(14(18)19)3-4-12(11)17/h3-7,9H,1-2H3,(H,18,19). The lowest BCUT2D eigenvalue weighted by atomic mass is 10.2. The monoisotopic (exact) mass is 287 g/mol. The van der Waals surface area contributed by atoms with E-state index in [-0.39, 0.29) is 11.6 Å². The highest BCUT2D eigenvalue weighted by molar-refractivity contribution is 7.11. The molecule has 0 saturated heterocycles. The maximum Gasteiger partial charge on any atom is 0.335 e. The molecule has 0 fully saturated rings. The van der Waals surface area contributed by atoms with Crippen LogP contribution in [0.4, 0.5) is 0 Å². The number of carboxylic acid groups (broad SMARTS) is 1. The van der Waals surface area contributed by atoms with Gasteiger partial charge in [-0.25, -0.2) is 14.8 Å². The fourth-order valence-electron chi connectivity index (χ4n) is 2.16. The Kier molecular flexibility index (Phi) is 3.02. The molecule has 3 rings (SSSR count). The molecule has 20 heavy (non-hydrogen) atoms. The summed E-state index contributed by atoms with van der Waals surface area (Å²) in [5.74, 6) is -0.940. The van der Waals surface area contributed by atoms with Crippen LogP contribution in [0.3, 0.4) is 0 Å². The van der Waals surface area contributed by atoms with Crippen molar-refractivity contribution in [3.63, 3.8) is 0 Å². The lowest BCUT2D eigenvalue weighted by Crippen LogP contribution is -2.05. The van der Waals surface area contributed by atoms with Gasteiger partial charge in [-0.05, 0) is 32.0 Å². The van der Waals surface area contributed by atoms with Gasteiger partial charge < -0.3 is 9.67 Å². The third-order valence-corrected chi connectivity index (χ3v) is 4.32. The molecule has 3 aromatic rings. The predicted molar refractivity (Wildman–Crippen MR) is 77.4 cm³/mol. The van der Waals surface area contributed by atoms with Crippen molar-refractivity contribution < 1.29 is 9.90 Å². The van der Waals surface area contributed by atoms with Crippen LogP contribution in [0.15, 0.2) is 30.7 Å². The van der Waals surface area contributed by atoms with Gasteiger partial charge in [0.25, 0.3) is 0 Å². The van der Waals surface area contributed by atoms with E-state index in [9.17, 15) is 4.79 Å². The summed E-state index contributed by atoms with van der Waals surface area (Å²) in [6, 6.07) is 5.06. The zero-order valence-electron chi connectivity index (χ0n) is 11.1. The third kappa shape index (κ3) is 2.08. The number of hydrogen-bond donors (Lipinski definition) is 1. The fourth-order valence-corrected chi connectivity index (χ4v) is 2.98. The number of benzene rings is 1. The van der Waals surface area contributed by atoms with Gasteiger partial charge in [0.2, 0.25) is 0 Å². The molecule has 102 valence electrons. The number of aromatic nitrogens is 3. The van der Waals surface area contributed by atoms with E-state index in [0.29, 0.717) is 5.52 Å². The van der Waals surface area contributed by atoms with Gasteiger partial charge in [-0.15, -0.1) is 11.3 Å². The van der Waals surface area contributed by atoms with Crippen LogP contribution in [0.25, 0.3) is 11.0 Å². The highest BCUT2D eigenvalue weighted by Gasteiger charge is 2.15. The number of thiazole rings is 1. The van der Waals surface area contributed by atoms with Crippen molar-refractivity contribution in [2.24, 2.45) is 0 Å². The average molecular weight is 287 g/mol. The summed E-state index contributed by atoms with van der Waals surface area (Å²) in [4.78, 5) is 20.8. The molecule has 0 aliphatic rings. The maximum atomic E-state index is 11.0. The summed E-state index contributed by atoms with van der Waals surface area (Å²) in [5, 5.41) is 10.0. The normalized spacial score (nSPS) is 12.7. The zero-order chi connectivity index (χ0) is 14.3. The Morgan fingerprint density at radius 1 is 1.40 bits per heavy atom. The van der Waals surface area contributed by atoms with Crippen LogP contribution in [0, 0.1) is 6.92 Å². The van der Waals surface area contributed by atoms with Gasteiger partial charge in [0, 0.05) is 11.1 Å². The molecule has 0 amide bonds. The van der Waals surface area contributed by atoms with Crippen molar-refractivity contribution in [2.75, 3.05) is 0 Å². The minimum Gasteiger partial charge on any atom is -0.478 e. The van der Waals surface area contributed by atoms with Crippen LogP contribution in [-0.4, -0.2) is 25.6 Å². The Balaban J connectivity index is 2.06. The van der Waals surface area contributed by atoms with Crippen molar-refractivity contribution in [2.45, 2.75) is 19.9 Å².